The molecule has 0 unspecified atom stereocenters. The van der Waals surface area contributed by atoms with Crippen LogP contribution in [-0.2, 0) is 0 Å². The minimum absolute atomic E-state index is 0.121. The van der Waals surface area contributed by atoms with Gasteiger partial charge in [0.05, 0.1) is 11.3 Å². The molecule has 2 rings (SSSR count). The number of aryl methyl sites for hydroxylation is 2. The van der Waals surface area contributed by atoms with Crippen LogP contribution in [0.3, 0.4) is 0 Å². The molecular weight excluding hydrogens is 238 g/mol. The van der Waals surface area contributed by atoms with Gasteiger partial charge in [-0.05, 0) is 57.7 Å². The van der Waals surface area contributed by atoms with Crippen LogP contribution >= 0.6 is 0 Å². The lowest BCUT2D eigenvalue weighted by molar-refractivity contribution is 0.0686. The fraction of sp³-hybridized carbons (Fsp3) is 0.600. The highest BCUT2D eigenvalue weighted by atomic mass is 16.2. The molecule has 4 nitrogen and oxygen atoms in total. The van der Waals surface area contributed by atoms with E-state index in [1.54, 1.807) is 0 Å². The van der Waals surface area contributed by atoms with E-state index in [9.17, 15) is 4.79 Å². The van der Waals surface area contributed by atoms with Crippen LogP contribution in [0.1, 0.15) is 41.0 Å². The first-order valence-corrected chi connectivity index (χ1v) is 7.05. The number of nitrogens with zero attached hydrogens (tertiary/aromatic N) is 2. The average molecular weight is 261 g/mol. The first kappa shape index (κ1) is 14.0. The second-order valence-corrected chi connectivity index (χ2v) is 5.40. The summed E-state index contributed by atoms with van der Waals surface area (Å²) in [5, 5.41) is 0. The van der Waals surface area contributed by atoms with Crippen LogP contribution in [0.2, 0.25) is 0 Å². The number of likely N-dealkylation sites (tertiary alicyclic amines) is 1. The van der Waals surface area contributed by atoms with Crippen molar-refractivity contribution in [3.63, 3.8) is 0 Å². The quantitative estimate of drug-likeness (QED) is 0.904. The number of pyridine rings is 1. The molecule has 19 heavy (non-hydrogen) atoms. The van der Waals surface area contributed by atoms with Gasteiger partial charge in [0.1, 0.15) is 0 Å². The number of hydrogen-bond donors (Lipinski definition) is 1. The maximum atomic E-state index is 12.5. The Balaban J connectivity index is 2.01. The number of carbonyl (C=O) groups excluding carboxylic acids is 1. The summed E-state index contributed by atoms with van der Waals surface area (Å²) < 4.78 is 0. The second kappa shape index (κ2) is 6.15. The second-order valence-electron chi connectivity index (χ2n) is 5.40. The molecule has 0 aliphatic carbocycles. The molecule has 0 aromatic carbocycles. The van der Waals surface area contributed by atoms with Crippen molar-refractivity contribution in [3.8, 4) is 0 Å². The van der Waals surface area contributed by atoms with Crippen molar-refractivity contribution in [2.45, 2.75) is 33.1 Å². The predicted octanol–water partition coefficient (Wildman–Crippen LogP) is 1.90. The maximum Gasteiger partial charge on any atom is 0.255 e. The summed E-state index contributed by atoms with van der Waals surface area (Å²) in [5.74, 6) is 0.808. The highest BCUT2D eigenvalue weighted by molar-refractivity contribution is 5.95. The largest absolute Gasteiger partial charge is 0.339 e. The Hall–Kier alpha value is -1.42. The van der Waals surface area contributed by atoms with Crippen LogP contribution in [-0.4, -0.2) is 35.4 Å². The van der Waals surface area contributed by atoms with Crippen LogP contribution in [0.5, 0.6) is 0 Å². The normalized spacial score (nSPS) is 16.7. The zero-order chi connectivity index (χ0) is 13.8. The van der Waals surface area contributed by atoms with Crippen LogP contribution in [0.25, 0.3) is 0 Å². The van der Waals surface area contributed by atoms with Gasteiger partial charge in [-0.1, -0.05) is 0 Å². The summed E-state index contributed by atoms with van der Waals surface area (Å²) >= 11 is 0. The summed E-state index contributed by atoms with van der Waals surface area (Å²) in [6.45, 7) is 6.29. The van der Waals surface area contributed by atoms with Gasteiger partial charge in [-0.15, -0.1) is 0 Å². The van der Waals surface area contributed by atoms with Crippen molar-refractivity contribution in [2.75, 3.05) is 19.6 Å². The van der Waals surface area contributed by atoms with E-state index in [0.29, 0.717) is 5.92 Å². The Labute approximate surface area is 115 Å². The van der Waals surface area contributed by atoms with Crippen LogP contribution < -0.4 is 5.73 Å². The molecule has 0 saturated carbocycles. The van der Waals surface area contributed by atoms with Gasteiger partial charge >= 0.3 is 0 Å². The Morgan fingerprint density at radius 1 is 1.37 bits per heavy atom. The Morgan fingerprint density at radius 2 is 2.05 bits per heavy atom. The molecule has 0 bridgehead atoms. The fourth-order valence-electron chi connectivity index (χ4n) is 2.74. The Kier molecular flexibility index (Phi) is 4.53. The van der Waals surface area contributed by atoms with E-state index in [0.717, 1.165) is 55.8 Å². The Morgan fingerprint density at radius 3 is 2.63 bits per heavy atom. The molecule has 4 heteroatoms. The maximum absolute atomic E-state index is 12.5. The molecule has 1 aliphatic heterocycles. The van der Waals surface area contributed by atoms with Gasteiger partial charge in [-0.2, -0.15) is 0 Å². The summed E-state index contributed by atoms with van der Waals surface area (Å²) in [5.41, 5.74) is 8.11. The lowest BCUT2D eigenvalue weighted by atomic mass is 9.93. The smallest absolute Gasteiger partial charge is 0.255 e. The summed E-state index contributed by atoms with van der Waals surface area (Å²) in [4.78, 5) is 18.8. The SMILES string of the molecule is Cc1ccc(C(=O)N2CCC(CCN)CC2)c(C)n1. The lowest BCUT2D eigenvalue weighted by Crippen LogP contribution is -2.39. The van der Waals surface area contributed by atoms with Crippen molar-refractivity contribution < 1.29 is 4.79 Å². The fourth-order valence-corrected chi connectivity index (χ4v) is 2.74. The third-order valence-electron chi connectivity index (χ3n) is 3.93. The predicted molar refractivity (Wildman–Crippen MR) is 76.0 cm³/mol. The van der Waals surface area contributed by atoms with E-state index in [1.165, 1.54) is 0 Å². The molecule has 0 radical (unpaired) electrons. The summed E-state index contributed by atoms with van der Waals surface area (Å²) in [7, 11) is 0. The van der Waals surface area contributed by atoms with Crippen molar-refractivity contribution in [1.29, 1.82) is 0 Å². The van der Waals surface area contributed by atoms with Gasteiger partial charge in [-0.3, -0.25) is 9.78 Å². The zero-order valence-electron chi connectivity index (χ0n) is 11.9. The number of piperidine rings is 1. The molecule has 2 N–H and O–H groups in total. The molecule has 1 aromatic rings. The lowest BCUT2D eigenvalue weighted by Gasteiger charge is -2.32. The number of aromatic nitrogens is 1. The molecule has 2 heterocycles. The molecular formula is C15H23N3O. The molecule has 1 aromatic heterocycles. The van der Waals surface area contributed by atoms with Crippen molar-refractivity contribution in [2.24, 2.45) is 11.7 Å². The standard InChI is InChI=1S/C15H23N3O/c1-11-3-4-14(12(2)17-11)15(19)18-9-6-13(5-8-16)7-10-18/h3-4,13H,5-10,16H2,1-2H3. The highest BCUT2D eigenvalue weighted by Crippen LogP contribution is 2.21. The van der Waals surface area contributed by atoms with E-state index in [4.69, 9.17) is 5.73 Å². The molecule has 104 valence electrons. The van der Waals surface area contributed by atoms with Crippen molar-refractivity contribution in [1.82, 2.24) is 9.88 Å². The third-order valence-corrected chi connectivity index (χ3v) is 3.93. The van der Waals surface area contributed by atoms with Gasteiger partial charge in [0, 0.05) is 18.8 Å². The first-order chi connectivity index (χ1) is 9.11. The molecule has 0 atom stereocenters. The minimum atomic E-state index is 0.121. The zero-order valence-corrected chi connectivity index (χ0v) is 11.9. The van der Waals surface area contributed by atoms with Crippen molar-refractivity contribution in [3.05, 3.63) is 29.1 Å². The minimum Gasteiger partial charge on any atom is -0.339 e. The van der Waals surface area contributed by atoms with Gasteiger partial charge in [0.15, 0.2) is 0 Å². The monoisotopic (exact) mass is 261 g/mol. The Bertz CT molecular complexity index is 451. The molecule has 1 saturated heterocycles. The number of carbonyl (C=O) groups is 1. The average Bonchev–Trinajstić information content (AvgIpc) is 2.39. The highest BCUT2D eigenvalue weighted by Gasteiger charge is 2.24. The van der Waals surface area contributed by atoms with Crippen LogP contribution in [0.4, 0.5) is 0 Å². The van der Waals surface area contributed by atoms with Crippen LogP contribution in [0, 0.1) is 19.8 Å². The van der Waals surface area contributed by atoms with Crippen molar-refractivity contribution >= 4 is 5.91 Å². The van der Waals surface area contributed by atoms with E-state index in [1.807, 2.05) is 30.9 Å². The first-order valence-electron chi connectivity index (χ1n) is 7.05. The molecule has 1 fully saturated rings. The molecule has 1 aliphatic rings. The number of amides is 1. The number of nitrogens with two attached hydrogens (primary N) is 1. The van der Waals surface area contributed by atoms with E-state index in [-0.39, 0.29) is 5.91 Å². The molecule has 0 spiro atoms. The van der Waals surface area contributed by atoms with Gasteiger partial charge < -0.3 is 10.6 Å². The molecule has 1 amide bonds. The third kappa shape index (κ3) is 3.32. The number of rotatable bonds is 3. The van der Waals surface area contributed by atoms with E-state index < -0.39 is 0 Å². The van der Waals surface area contributed by atoms with E-state index in [2.05, 4.69) is 4.98 Å². The van der Waals surface area contributed by atoms with E-state index >= 15 is 0 Å². The summed E-state index contributed by atoms with van der Waals surface area (Å²) in [6, 6.07) is 3.80. The van der Waals surface area contributed by atoms with Gasteiger partial charge in [-0.25, -0.2) is 0 Å². The van der Waals surface area contributed by atoms with Gasteiger partial charge in [0.25, 0.3) is 5.91 Å². The summed E-state index contributed by atoms with van der Waals surface area (Å²) in [6.07, 6.45) is 3.22. The van der Waals surface area contributed by atoms with Gasteiger partial charge in [0.2, 0.25) is 0 Å². The topological polar surface area (TPSA) is 59.2 Å². The number of hydrogen-bond acceptors (Lipinski definition) is 3. The van der Waals surface area contributed by atoms with Crippen LogP contribution in [0.15, 0.2) is 12.1 Å².